The summed E-state index contributed by atoms with van der Waals surface area (Å²) >= 11 is 0. The van der Waals surface area contributed by atoms with E-state index in [2.05, 4.69) is 0 Å². The average molecular weight is 655 g/mol. The molecule has 0 radical (unpaired) electrons. The number of esters is 5. The van der Waals surface area contributed by atoms with Gasteiger partial charge in [0.2, 0.25) is 0 Å². The van der Waals surface area contributed by atoms with Gasteiger partial charge in [0.15, 0.2) is 0 Å². The molecule has 0 amide bonds. The molecule has 47 heavy (non-hydrogen) atoms. The van der Waals surface area contributed by atoms with Crippen LogP contribution in [0.25, 0.3) is 11.1 Å². The fourth-order valence-corrected chi connectivity index (χ4v) is 3.19. The lowest BCUT2D eigenvalue weighted by molar-refractivity contribution is -0.144. The van der Waals surface area contributed by atoms with Gasteiger partial charge in [-0.1, -0.05) is 0 Å². The van der Waals surface area contributed by atoms with E-state index in [9.17, 15) is 24.0 Å². The summed E-state index contributed by atoms with van der Waals surface area (Å²) in [6.45, 7) is 25.1. The highest BCUT2D eigenvalue weighted by Crippen LogP contribution is 2.46. The van der Waals surface area contributed by atoms with Gasteiger partial charge in [-0.2, -0.15) is 0 Å². The van der Waals surface area contributed by atoms with Crippen LogP contribution in [0.4, 0.5) is 0 Å². The molecule has 0 saturated heterocycles. The second kappa shape index (κ2) is 13.5. The molecule has 0 spiro atoms. The van der Waals surface area contributed by atoms with Crippen molar-refractivity contribution in [3.63, 3.8) is 0 Å². The SMILES string of the molecule is CC(C)(C)C(=O)Oc1cc(OC(=O)C(C)(C)C)cc(-c2c(OC(=O)C(C)(C)C)cc(OC(=O)C(C)(C)C)cc2OC(=O)C(C)(C)C)c1. The van der Waals surface area contributed by atoms with Crippen molar-refractivity contribution in [1.29, 1.82) is 0 Å². The first kappa shape index (κ1) is 39.0. The van der Waals surface area contributed by atoms with Crippen LogP contribution in [0.2, 0.25) is 0 Å². The minimum absolute atomic E-state index is 0.0172. The number of ether oxygens (including phenoxy) is 5. The van der Waals surface area contributed by atoms with E-state index in [1.165, 1.54) is 30.3 Å². The Kier molecular flexibility index (Phi) is 11.2. The zero-order valence-electron chi connectivity index (χ0n) is 30.5. The maximum Gasteiger partial charge on any atom is 0.316 e. The van der Waals surface area contributed by atoms with Crippen LogP contribution >= 0.6 is 0 Å². The second-order valence-corrected chi connectivity index (χ2v) is 16.7. The van der Waals surface area contributed by atoms with Gasteiger partial charge in [0, 0.05) is 18.2 Å². The highest BCUT2D eigenvalue weighted by atomic mass is 16.6. The number of carbonyl (C=O) groups excluding carboxylic acids is 5. The molecule has 0 aliphatic carbocycles. The largest absolute Gasteiger partial charge is 0.426 e. The van der Waals surface area contributed by atoms with E-state index >= 15 is 0 Å². The molecular formula is C37H50O10. The quantitative estimate of drug-likeness (QED) is 0.222. The molecule has 0 aliphatic rings. The van der Waals surface area contributed by atoms with Gasteiger partial charge in [0.25, 0.3) is 0 Å². The smallest absolute Gasteiger partial charge is 0.316 e. The normalized spacial score (nSPS) is 12.6. The van der Waals surface area contributed by atoms with Gasteiger partial charge in [-0.3, -0.25) is 24.0 Å². The Labute approximate surface area is 278 Å². The molecule has 0 atom stereocenters. The van der Waals surface area contributed by atoms with E-state index in [1.54, 1.807) is 104 Å². The van der Waals surface area contributed by atoms with Crippen LogP contribution in [0, 0.1) is 27.1 Å². The number of hydrogen-bond acceptors (Lipinski definition) is 10. The number of hydrogen-bond donors (Lipinski definition) is 0. The summed E-state index contributed by atoms with van der Waals surface area (Å²) in [5.41, 5.74) is -4.28. The zero-order valence-corrected chi connectivity index (χ0v) is 30.5. The van der Waals surface area contributed by atoms with Gasteiger partial charge in [-0.05, 0) is 122 Å². The molecule has 0 bridgehead atoms. The summed E-state index contributed by atoms with van der Waals surface area (Å²) in [4.78, 5) is 65.3. The van der Waals surface area contributed by atoms with Gasteiger partial charge < -0.3 is 23.7 Å². The lowest BCUT2D eigenvalue weighted by Crippen LogP contribution is -2.28. The molecule has 0 N–H and O–H groups in total. The van der Waals surface area contributed by atoms with E-state index in [1.807, 2.05) is 0 Å². The van der Waals surface area contributed by atoms with Crippen molar-refractivity contribution in [3.8, 4) is 39.9 Å². The minimum Gasteiger partial charge on any atom is -0.426 e. The zero-order chi connectivity index (χ0) is 36.5. The third-order valence-electron chi connectivity index (χ3n) is 6.31. The van der Waals surface area contributed by atoms with Crippen molar-refractivity contribution in [2.24, 2.45) is 27.1 Å². The highest BCUT2D eigenvalue weighted by Gasteiger charge is 2.32. The van der Waals surface area contributed by atoms with E-state index in [0.29, 0.717) is 0 Å². The summed E-state index contributed by atoms with van der Waals surface area (Å²) in [5, 5.41) is 0. The van der Waals surface area contributed by atoms with Gasteiger partial charge >= 0.3 is 29.8 Å². The molecule has 258 valence electrons. The maximum absolute atomic E-state index is 13.3. The van der Waals surface area contributed by atoms with Crippen molar-refractivity contribution in [2.45, 2.75) is 104 Å². The fraction of sp³-hybridized carbons (Fsp3) is 0.541. The van der Waals surface area contributed by atoms with Crippen LogP contribution in [-0.2, 0) is 24.0 Å². The van der Waals surface area contributed by atoms with Crippen molar-refractivity contribution in [2.75, 3.05) is 0 Å². The van der Waals surface area contributed by atoms with Crippen LogP contribution in [-0.4, -0.2) is 29.8 Å². The lowest BCUT2D eigenvalue weighted by Gasteiger charge is -2.24. The molecule has 0 aliphatic heterocycles. The summed E-state index contributed by atoms with van der Waals surface area (Å²) in [5.74, 6) is -3.23. The molecule has 0 aromatic heterocycles. The van der Waals surface area contributed by atoms with Crippen LogP contribution in [0.1, 0.15) is 104 Å². The average Bonchev–Trinajstić information content (AvgIpc) is 2.85. The third-order valence-corrected chi connectivity index (χ3v) is 6.31. The Morgan fingerprint density at radius 1 is 0.362 bits per heavy atom. The minimum atomic E-state index is -0.963. The van der Waals surface area contributed by atoms with Gasteiger partial charge in [0.05, 0.1) is 32.6 Å². The van der Waals surface area contributed by atoms with Crippen molar-refractivity contribution < 1.29 is 47.7 Å². The number of rotatable bonds is 6. The fourth-order valence-electron chi connectivity index (χ4n) is 3.19. The first-order valence-electron chi connectivity index (χ1n) is 15.4. The lowest BCUT2D eigenvalue weighted by atomic mass is 9.96. The van der Waals surface area contributed by atoms with E-state index in [4.69, 9.17) is 23.7 Å². The first-order chi connectivity index (χ1) is 21.0. The van der Waals surface area contributed by atoms with Crippen molar-refractivity contribution >= 4 is 29.8 Å². The Morgan fingerprint density at radius 2 is 0.596 bits per heavy atom. The Balaban J connectivity index is 3.04. The van der Waals surface area contributed by atoms with Crippen LogP contribution < -0.4 is 23.7 Å². The number of carbonyl (C=O) groups is 5. The third kappa shape index (κ3) is 10.9. The predicted molar refractivity (Wildman–Crippen MR) is 177 cm³/mol. The molecule has 0 heterocycles. The van der Waals surface area contributed by atoms with Gasteiger partial charge in [-0.15, -0.1) is 0 Å². The molecule has 2 rings (SSSR count). The summed E-state index contributed by atoms with van der Waals surface area (Å²) in [6.07, 6.45) is 0. The van der Waals surface area contributed by atoms with Crippen molar-refractivity contribution in [1.82, 2.24) is 0 Å². The molecule has 2 aromatic carbocycles. The Morgan fingerprint density at radius 3 is 0.851 bits per heavy atom. The predicted octanol–water partition coefficient (Wildman–Crippen LogP) is 8.11. The van der Waals surface area contributed by atoms with E-state index < -0.39 is 56.9 Å². The molecule has 0 unspecified atom stereocenters. The van der Waals surface area contributed by atoms with Crippen LogP contribution in [0.3, 0.4) is 0 Å². The molecule has 0 saturated carbocycles. The second-order valence-electron chi connectivity index (χ2n) is 16.7. The highest BCUT2D eigenvalue weighted by molar-refractivity contribution is 5.89. The van der Waals surface area contributed by atoms with Crippen molar-refractivity contribution in [3.05, 3.63) is 30.3 Å². The Bertz CT molecular complexity index is 1450. The van der Waals surface area contributed by atoms with Gasteiger partial charge in [-0.25, -0.2) is 0 Å². The molecule has 0 fully saturated rings. The molecule has 10 nitrogen and oxygen atoms in total. The Hall–Kier alpha value is -4.21. The molecule has 10 heteroatoms. The first-order valence-corrected chi connectivity index (χ1v) is 15.4. The summed E-state index contributed by atoms with van der Waals surface area (Å²) < 4.78 is 28.8. The maximum atomic E-state index is 13.3. The summed E-state index contributed by atoms with van der Waals surface area (Å²) in [6, 6.07) is 7.00. The number of benzene rings is 2. The standard InChI is InChI=1S/C37H50O10/c1-33(2,3)28(38)43-22-16-21(17-23(18-22)44-29(39)34(4,5)6)27-25(46-31(41)36(10,11)12)19-24(45-30(40)35(7,8)9)20-26(27)47-32(42)37(13,14)15/h16-20H,1-15H3. The van der Waals surface area contributed by atoms with Crippen LogP contribution in [0.15, 0.2) is 30.3 Å². The topological polar surface area (TPSA) is 132 Å². The monoisotopic (exact) mass is 654 g/mol. The molecular weight excluding hydrogens is 604 g/mol. The summed E-state index contributed by atoms with van der Waals surface area (Å²) in [7, 11) is 0. The van der Waals surface area contributed by atoms with Gasteiger partial charge in [0.1, 0.15) is 28.7 Å². The van der Waals surface area contributed by atoms with E-state index in [0.717, 1.165) is 0 Å². The van der Waals surface area contributed by atoms with Crippen LogP contribution in [0.5, 0.6) is 28.7 Å². The molecule has 2 aromatic rings. The van der Waals surface area contributed by atoms with E-state index in [-0.39, 0.29) is 39.9 Å².